The minimum atomic E-state index is -3.24. The zero-order valence-electron chi connectivity index (χ0n) is 14.0. The van der Waals surface area contributed by atoms with Crippen molar-refractivity contribution < 1.29 is 13.2 Å². The summed E-state index contributed by atoms with van der Waals surface area (Å²) in [6.45, 7) is 2.39. The predicted octanol–water partition coefficient (Wildman–Crippen LogP) is 2.81. The van der Waals surface area contributed by atoms with E-state index >= 15 is 0 Å². The van der Waals surface area contributed by atoms with E-state index in [1.54, 1.807) is 12.4 Å². The molecule has 134 valence electrons. The molecule has 1 aliphatic rings. The standard InChI is InChI=1S/C17H21N3O3S2/c1-2-25(22,23)20-9-3-4-14(10-20)17(21)19-15-7-5-13(6-8-15)16-11-24-12-18-16/h5-8,11-12,14H,2-4,9-10H2,1H3,(H,19,21). The molecule has 1 fully saturated rings. The maximum absolute atomic E-state index is 12.5. The van der Waals surface area contributed by atoms with Gasteiger partial charge in [-0.25, -0.2) is 17.7 Å². The number of amides is 1. The van der Waals surface area contributed by atoms with Crippen LogP contribution in [0.15, 0.2) is 35.2 Å². The molecule has 6 nitrogen and oxygen atoms in total. The highest BCUT2D eigenvalue weighted by atomic mass is 32.2. The Kier molecular flexibility index (Phi) is 5.51. The molecule has 3 rings (SSSR count). The maximum atomic E-state index is 12.5. The highest BCUT2D eigenvalue weighted by Crippen LogP contribution is 2.23. The monoisotopic (exact) mass is 379 g/mol. The van der Waals surface area contributed by atoms with Crippen molar-refractivity contribution in [2.45, 2.75) is 19.8 Å². The number of rotatable bonds is 5. The molecule has 2 aromatic rings. The van der Waals surface area contributed by atoms with E-state index in [1.807, 2.05) is 29.6 Å². The van der Waals surface area contributed by atoms with E-state index in [2.05, 4.69) is 10.3 Å². The lowest BCUT2D eigenvalue weighted by molar-refractivity contribution is -0.120. The number of nitrogens with one attached hydrogen (secondary N) is 1. The fourth-order valence-corrected chi connectivity index (χ4v) is 4.66. The van der Waals surface area contributed by atoms with Crippen molar-refractivity contribution in [3.05, 3.63) is 35.2 Å². The van der Waals surface area contributed by atoms with Crippen LogP contribution in [0.1, 0.15) is 19.8 Å². The van der Waals surface area contributed by atoms with Crippen LogP contribution in [0.4, 0.5) is 5.69 Å². The van der Waals surface area contributed by atoms with Gasteiger partial charge in [0.1, 0.15) is 0 Å². The molecule has 0 saturated carbocycles. The van der Waals surface area contributed by atoms with Crippen molar-refractivity contribution in [1.29, 1.82) is 0 Å². The fraction of sp³-hybridized carbons (Fsp3) is 0.412. The molecular weight excluding hydrogens is 358 g/mol. The number of hydrogen-bond donors (Lipinski definition) is 1. The average molecular weight is 380 g/mol. The Hall–Kier alpha value is -1.77. The molecule has 1 atom stereocenters. The first-order chi connectivity index (χ1) is 12.0. The molecule has 0 radical (unpaired) electrons. The van der Waals surface area contributed by atoms with Gasteiger partial charge in [0.05, 0.1) is 22.9 Å². The summed E-state index contributed by atoms with van der Waals surface area (Å²) in [5.74, 6) is -0.370. The summed E-state index contributed by atoms with van der Waals surface area (Å²) in [6, 6.07) is 7.52. The van der Waals surface area contributed by atoms with Gasteiger partial charge < -0.3 is 5.32 Å². The second kappa shape index (κ2) is 7.63. The van der Waals surface area contributed by atoms with Gasteiger partial charge in [0.25, 0.3) is 0 Å². The Morgan fingerprint density at radius 1 is 1.36 bits per heavy atom. The van der Waals surface area contributed by atoms with Crippen LogP contribution in [0, 0.1) is 5.92 Å². The van der Waals surface area contributed by atoms with Gasteiger partial charge in [-0.1, -0.05) is 12.1 Å². The summed E-state index contributed by atoms with van der Waals surface area (Å²) < 4.78 is 25.5. The van der Waals surface area contributed by atoms with Crippen LogP contribution < -0.4 is 5.32 Å². The van der Waals surface area contributed by atoms with Crippen LogP contribution in [0.5, 0.6) is 0 Å². The largest absolute Gasteiger partial charge is 0.326 e. The Bertz CT molecular complexity index is 817. The molecule has 1 unspecified atom stereocenters. The molecule has 0 bridgehead atoms. The van der Waals surface area contributed by atoms with Gasteiger partial charge in [-0.2, -0.15) is 0 Å². The van der Waals surface area contributed by atoms with E-state index in [4.69, 9.17) is 0 Å². The average Bonchev–Trinajstić information content (AvgIpc) is 3.17. The number of aromatic nitrogens is 1. The second-order valence-corrected chi connectivity index (χ2v) is 9.01. The second-order valence-electron chi connectivity index (χ2n) is 6.04. The van der Waals surface area contributed by atoms with Gasteiger partial charge in [-0.3, -0.25) is 4.79 Å². The zero-order valence-corrected chi connectivity index (χ0v) is 15.6. The van der Waals surface area contributed by atoms with Gasteiger partial charge in [-0.05, 0) is 31.9 Å². The maximum Gasteiger partial charge on any atom is 0.228 e. The highest BCUT2D eigenvalue weighted by molar-refractivity contribution is 7.89. The third-order valence-electron chi connectivity index (χ3n) is 4.39. The molecule has 1 aromatic heterocycles. The summed E-state index contributed by atoms with van der Waals surface area (Å²) in [5.41, 5.74) is 4.40. The van der Waals surface area contributed by atoms with Gasteiger partial charge in [0.15, 0.2) is 0 Å². The topological polar surface area (TPSA) is 79.4 Å². The minimum Gasteiger partial charge on any atom is -0.326 e. The molecular formula is C17H21N3O3S2. The molecule has 1 saturated heterocycles. The number of thiazole rings is 1. The first kappa shape index (κ1) is 18.0. The molecule has 8 heteroatoms. The normalized spacial score (nSPS) is 18.8. The molecule has 0 spiro atoms. The minimum absolute atomic E-state index is 0.0689. The molecule has 1 aliphatic heterocycles. The predicted molar refractivity (Wildman–Crippen MR) is 99.9 cm³/mol. The van der Waals surface area contributed by atoms with Gasteiger partial charge in [0.2, 0.25) is 15.9 Å². The third kappa shape index (κ3) is 4.26. The van der Waals surface area contributed by atoms with Crippen molar-refractivity contribution in [3.63, 3.8) is 0 Å². The first-order valence-corrected chi connectivity index (χ1v) is 10.8. The van der Waals surface area contributed by atoms with Gasteiger partial charge in [0, 0.05) is 29.7 Å². The number of hydrogen-bond acceptors (Lipinski definition) is 5. The number of sulfonamides is 1. The molecule has 0 aliphatic carbocycles. The Morgan fingerprint density at radius 2 is 2.12 bits per heavy atom. The first-order valence-electron chi connectivity index (χ1n) is 8.27. The summed E-state index contributed by atoms with van der Waals surface area (Å²) in [5, 5.41) is 4.87. The van der Waals surface area contributed by atoms with E-state index in [9.17, 15) is 13.2 Å². The van der Waals surface area contributed by atoms with E-state index < -0.39 is 10.0 Å². The third-order valence-corrected chi connectivity index (χ3v) is 6.83. The molecule has 25 heavy (non-hydrogen) atoms. The van der Waals surface area contributed by atoms with Crippen LogP contribution >= 0.6 is 11.3 Å². The zero-order chi connectivity index (χ0) is 17.9. The Balaban J connectivity index is 1.64. The molecule has 2 heterocycles. The number of piperidine rings is 1. The van der Waals surface area contributed by atoms with Crippen molar-refractivity contribution in [2.75, 3.05) is 24.2 Å². The number of carbonyl (C=O) groups is 1. The highest BCUT2D eigenvalue weighted by Gasteiger charge is 2.31. The lowest BCUT2D eigenvalue weighted by atomic mass is 9.98. The molecule has 1 N–H and O–H groups in total. The smallest absolute Gasteiger partial charge is 0.228 e. The summed E-state index contributed by atoms with van der Waals surface area (Å²) in [4.78, 5) is 16.8. The number of carbonyl (C=O) groups excluding carboxylic acids is 1. The van der Waals surface area contributed by atoms with E-state index in [0.717, 1.165) is 11.3 Å². The van der Waals surface area contributed by atoms with Crippen LogP contribution in [0.3, 0.4) is 0 Å². The van der Waals surface area contributed by atoms with Crippen molar-refractivity contribution >= 4 is 33.0 Å². The lowest BCUT2D eigenvalue weighted by Crippen LogP contribution is -2.44. The van der Waals surface area contributed by atoms with Crippen LogP contribution in [-0.4, -0.2) is 42.5 Å². The lowest BCUT2D eigenvalue weighted by Gasteiger charge is -2.30. The van der Waals surface area contributed by atoms with E-state index in [0.29, 0.717) is 25.1 Å². The van der Waals surface area contributed by atoms with E-state index in [-0.39, 0.29) is 24.1 Å². The summed E-state index contributed by atoms with van der Waals surface area (Å²) in [6.07, 6.45) is 1.42. The van der Waals surface area contributed by atoms with Crippen molar-refractivity contribution in [1.82, 2.24) is 9.29 Å². The summed E-state index contributed by atoms with van der Waals surface area (Å²) in [7, 11) is -3.24. The SMILES string of the molecule is CCS(=O)(=O)N1CCCC(C(=O)Nc2ccc(-c3cscn3)cc2)C1. The Morgan fingerprint density at radius 3 is 2.76 bits per heavy atom. The molecule has 1 amide bonds. The number of anilines is 1. The Labute approximate surface area is 151 Å². The van der Waals surface area contributed by atoms with Crippen molar-refractivity contribution in [3.8, 4) is 11.3 Å². The van der Waals surface area contributed by atoms with Crippen LogP contribution in [0.2, 0.25) is 0 Å². The van der Waals surface area contributed by atoms with Gasteiger partial charge >= 0.3 is 0 Å². The van der Waals surface area contributed by atoms with Crippen molar-refractivity contribution in [2.24, 2.45) is 5.92 Å². The fourth-order valence-electron chi connectivity index (χ4n) is 2.92. The van der Waals surface area contributed by atoms with E-state index in [1.165, 1.54) is 15.6 Å². The number of benzene rings is 1. The van der Waals surface area contributed by atoms with Crippen LogP contribution in [0.25, 0.3) is 11.3 Å². The quantitative estimate of drug-likeness (QED) is 0.866. The molecule has 1 aromatic carbocycles. The number of nitrogens with zero attached hydrogens (tertiary/aromatic N) is 2. The van der Waals surface area contributed by atoms with Gasteiger partial charge in [-0.15, -0.1) is 11.3 Å². The summed E-state index contributed by atoms with van der Waals surface area (Å²) >= 11 is 1.54. The van der Waals surface area contributed by atoms with Crippen LogP contribution in [-0.2, 0) is 14.8 Å².